The van der Waals surface area contributed by atoms with E-state index in [1.165, 1.54) is 18.2 Å². The van der Waals surface area contributed by atoms with E-state index in [1.807, 2.05) is 37.3 Å². The normalized spacial score (nSPS) is 10.1. The standard InChI is InChI=1S/C20H22N2O5/c1-2-3-9-18(23)27-17-12-15(19(21)24)10-11-16(17)22-20(25)26-13-14-7-5-4-6-8-14/h4-8,10-12H,2-3,9,13H2,1H3,(H2,21,24)(H,22,25). The van der Waals surface area contributed by atoms with Gasteiger partial charge in [0, 0.05) is 12.0 Å². The molecule has 27 heavy (non-hydrogen) atoms. The monoisotopic (exact) mass is 370 g/mol. The van der Waals surface area contributed by atoms with Gasteiger partial charge >= 0.3 is 12.1 Å². The van der Waals surface area contributed by atoms with E-state index in [2.05, 4.69) is 5.32 Å². The lowest BCUT2D eigenvalue weighted by Crippen LogP contribution is -2.17. The number of nitrogens with two attached hydrogens (primary N) is 1. The molecule has 0 aliphatic heterocycles. The quantitative estimate of drug-likeness (QED) is 0.545. The summed E-state index contributed by atoms with van der Waals surface area (Å²) < 4.78 is 10.4. The molecule has 0 aromatic heterocycles. The molecule has 142 valence electrons. The van der Waals surface area contributed by atoms with Gasteiger partial charge in [-0.2, -0.15) is 0 Å². The number of amides is 2. The second-order valence-electron chi connectivity index (χ2n) is 5.84. The van der Waals surface area contributed by atoms with E-state index in [1.54, 1.807) is 0 Å². The highest BCUT2D eigenvalue weighted by Gasteiger charge is 2.15. The molecule has 2 aromatic rings. The summed E-state index contributed by atoms with van der Waals surface area (Å²) in [6.45, 7) is 2.05. The molecule has 0 unspecified atom stereocenters. The minimum Gasteiger partial charge on any atom is -0.444 e. The highest BCUT2D eigenvalue weighted by atomic mass is 16.6. The van der Waals surface area contributed by atoms with Crippen LogP contribution in [-0.2, 0) is 16.1 Å². The Labute approximate surface area is 157 Å². The number of esters is 1. The molecular formula is C20H22N2O5. The summed E-state index contributed by atoms with van der Waals surface area (Å²) in [5.74, 6) is -1.08. The molecule has 0 spiro atoms. The van der Waals surface area contributed by atoms with Gasteiger partial charge in [-0.25, -0.2) is 4.79 Å². The van der Waals surface area contributed by atoms with E-state index in [0.717, 1.165) is 12.0 Å². The SMILES string of the molecule is CCCCC(=O)Oc1cc(C(N)=O)ccc1NC(=O)OCc1ccccc1. The third-order valence-electron chi connectivity index (χ3n) is 3.67. The smallest absolute Gasteiger partial charge is 0.412 e. The van der Waals surface area contributed by atoms with Gasteiger partial charge in [0.25, 0.3) is 0 Å². The van der Waals surface area contributed by atoms with E-state index in [-0.39, 0.29) is 30.0 Å². The first-order valence-electron chi connectivity index (χ1n) is 8.62. The van der Waals surface area contributed by atoms with Crippen molar-refractivity contribution in [3.63, 3.8) is 0 Å². The summed E-state index contributed by atoms with van der Waals surface area (Å²) in [5, 5.41) is 2.52. The van der Waals surface area contributed by atoms with Crippen molar-refractivity contribution < 1.29 is 23.9 Å². The minimum atomic E-state index is -0.712. The van der Waals surface area contributed by atoms with Crippen LogP contribution in [0.15, 0.2) is 48.5 Å². The van der Waals surface area contributed by atoms with Crippen LogP contribution < -0.4 is 15.8 Å². The number of carbonyl (C=O) groups is 3. The summed E-state index contributed by atoms with van der Waals surface area (Å²) in [7, 11) is 0. The van der Waals surface area contributed by atoms with Crippen molar-refractivity contribution in [3.8, 4) is 5.75 Å². The fourth-order valence-electron chi connectivity index (χ4n) is 2.23. The van der Waals surface area contributed by atoms with Gasteiger partial charge in [0.2, 0.25) is 5.91 Å². The van der Waals surface area contributed by atoms with Crippen molar-refractivity contribution in [1.82, 2.24) is 0 Å². The number of hydrogen-bond acceptors (Lipinski definition) is 5. The van der Waals surface area contributed by atoms with Crippen molar-refractivity contribution in [2.75, 3.05) is 5.32 Å². The Bertz CT molecular complexity index is 805. The Morgan fingerprint density at radius 2 is 1.81 bits per heavy atom. The summed E-state index contributed by atoms with van der Waals surface area (Å²) in [6.07, 6.45) is 1.04. The van der Waals surface area contributed by atoms with E-state index < -0.39 is 18.0 Å². The largest absolute Gasteiger partial charge is 0.444 e. The van der Waals surface area contributed by atoms with E-state index in [0.29, 0.717) is 6.42 Å². The van der Waals surface area contributed by atoms with Gasteiger partial charge in [0.15, 0.2) is 5.75 Å². The van der Waals surface area contributed by atoms with Gasteiger partial charge in [-0.1, -0.05) is 43.7 Å². The van der Waals surface area contributed by atoms with Gasteiger partial charge in [-0.3, -0.25) is 14.9 Å². The molecule has 0 aliphatic carbocycles. The van der Waals surface area contributed by atoms with Crippen molar-refractivity contribution in [2.24, 2.45) is 5.73 Å². The fraction of sp³-hybridized carbons (Fsp3) is 0.250. The molecule has 0 bridgehead atoms. The number of rotatable bonds is 8. The molecule has 0 fully saturated rings. The van der Waals surface area contributed by atoms with Crippen molar-refractivity contribution >= 4 is 23.7 Å². The zero-order valence-electron chi connectivity index (χ0n) is 15.1. The number of anilines is 1. The molecular weight excluding hydrogens is 348 g/mol. The first-order chi connectivity index (χ1) is 13.0. The van der Waals surface area contributed by atoms with Crippen molar-refractivity contribution in [2.45, 2.75) is 32.8 Å². The number of carbonyl (C=O) groups excluding carboxylic acids is 3. The summed E-state index contributed by atoms with van der Waals surface area (Å²) in [6, 6.07) is 13.4. The molecule has 0 saturated carbocycles. The average molecular weight is 370 g/mol. The topological polar surface area (TPSA) is 108 Å². The number of nitrogens with one attached hydrogen (secondary N) is 1. The number of hydrogen-bond donors (Lipinski definition) is 2. The van der Waals surface area contributed by atoms with Crippen LogP contribution in [0.3, 0.4) is 0 Å². The average Bonchev–Trinajstić information content (AvgIpc) is 2.66. The third kappa shape index (κ3) is 6.47. The molecule has 0 heterocycles. The van der Waals surface area contributed by atoms with Crippen LogP contribution in [0, 0.1) is 0 Å². The predicted molar refractivity (Wildman–Crippen MR) is 100 cm³/mol. The summed E-state index contributed by atoms with van der Waals surface area (Å²) in [5.41, 5.74) is 6.48. The van der Waals surface area contributed by atoms with Crippen LogP contribution >= 0.6 is 0 Å². The summed E-state index contributed by atoms with van der Waals surface area (Å²) >= 11 is 0. The first-order valence-corrected chi connectivity index (χ1v) is 8.62. The molecule has 2 amide bonds. The van der Waals surface area contributed by atoms with Crippen LogP contribution in [0.2, 0.25) is 0 Å². The second-order valence-corrected chi connectivity index (χ2v) is 5.84. The molecule has 0 atom stereocenters. The Morgan fingerprint density at radius 3 is 2.48 bits per heavy atom. The molecule has 0 saturated heterocycles. The Morgan fingerprint density at radius 1 is 1.07 bits per heavy atom. The maximum absolute atomic E-state index is 12.0. The van der Waals surface area contributed by atoms with E-state index in [9.17, 15) is 14.4 Å². The van der Waals surface area contributed by atoms with Crippen molar-refractivity contribution in [1.29, 1.82) is 0 Å². The number of unbranched alkanes of at least 4 members (excludes halogenated alkanes) is 1. The van der Waals surface area contributed by atoms with Gasteiger partial charge in [0.05, 0.1) is 5.69 Å². The predicted octanol–water partition coefficient (Wildman–Crippen LogP) is 3.63. The zero-order valence-corrected chi connectivity index (χ0v) is 15.1. The molecule has 3 N–H and O–H groups in total. The molecule has 2 rings (SSSR count). The first kappa shape index (κ1) is 20.0. The van der Waals surface area contributed by atoms with Gasteiger partial charge in [-0.15, -0.1) is 0 Å². The van der Waals surface area contributed by atoms with Crippen LogP contribution in [0.4, 0.5) is 10.5 Å². The maximum atomic E-state index is 12.0. The molecule has 7 heteroatoms. The Kier molecular flexibility index (Phi) is 7.37. The number of benzene rings is 2. The van der Waals surface area contributed by atoms with Crippen LogP contribution in [-0.4, -0.2) is 18.0 Å². The van der Waals surface area contributed by atoms with Crippen molar-refractivity contribution in [3.05, 3.63) is 59.7 Å². The lowest BCUT2D eigenvalue weighted by Gasteiger charge is -2.13. The fourth-order valence-corrected chi connectivity index (χ4v) is 2.23. The van der Waals surface area contributed by atoms with Gasteiger partial charge < -0.3 is 15.2 Å². The third-order valence-corrected chi connectivity index (χ3v) is 3.67. The molecule has 2 aromatic carbocycles. The second kappa shape index (κ2) is 9.96. The highest BCUT2D eigenvalue weighted by Crippen LogP contribution is 2.27. The van der Waals surface area contributed by atoms with Gasteiger partial charge in [0.1, 0.15) is 6.61 Å². The molecule has 0 aliphatic rings. The highest BCUT2D eigenvalue weighted by molar-refractivity contribution is 5.95. The Balaban J connectivity index is 2.07. The van der Waals surface area contributed by atoms with E-state index in [4.69, 9.17) is 15.2 Å². The zero-order chi connectivity index (χ0) is 19.6. The maximum Gasteiger partial charge on any atom is 0.412 e. The van der Waals surface area contributed by atoms with Crippen LogP contribution in [0.1, 0.15) is 42.1 Å². The molecule has 0 radical (unpaired) electrons. The van der Waals surface area contributed by atoms with Crippen LogP contribution in [0.25, 0.3) is 0 Å². The summed E-state index contributed by atoms with van der Waals surface area (Å²) in [4.78, 5) is 35.3. The lowest BCUT2D eigenvalue weighted by atomic mass is 10.1. The molecule has 7 nitrogen and oxygen atoms in total. The Hall–Kier alpha value is -3.35. The number of ether oxygens (including phenoxy) is 2. The van der Waals surface area contributed by atoms with Gasteiger partial charge in [-0.05, 0) is 30.2 Å². The van der Waals surface area contributed by atoms with E-state index >= 15 is 0 Å². The van der Waals surface area contributed by atoms with Crippen LogP contribution in [0.5, 0.6) is 5.75 Å². The minimum absolute atomic E-state index is 0.0454. The number of primary amides is 1. The lowest BCUT2D eigenvalue weighted by molar-refractivity contribution is -0.134.